The third kappa shape index (κ3) is 3.45. The molecule has 4 heteroatoms. The highest BCUT2D eigenvalue weighted by atomic mass is 35.5. The maximum absolute atomic E-state index is 6.04. The molecule has 0 radical (unpaired) electrons. The number of hydrogen-bond acceptors (Lipinski definition) is 2. The number of halogens is 2. The van der Waals surface area contributed by atoms with Crippen LogP contribution in [-0.4, -0.2) is 4.98 Å². The maximum atomic E-state index is 6.04. The molecule has 2 rings (SSSR count). The second kappa shape index (κ2) is 6.74. The Morgan fingerprint density at radius 2 is 1.56 bits per heavy atom. The van der Waals surface area contributed by atoms with Crippen molar-refractivity contribution in [1.29, 1.82) is 0 Å². The van der Waals surface area contributed by atoms with E-state index in [0.717, 1.165) is 12.0 Å². The Morgan fingerprint density at radius 3 is 2.06 bits per heavy atom. The zero-order chi connectivity index (χ0) is 12.3. The van der Waals surface area contributed by atoms with Gasteiger partial charge in [0.25, 0.3) is 0 Å². The average Bonchev–Trinajstić information content (AvgIpc) is 2.30. The fourth-order valence-electron chi connectivity index (χ4n) is 2.04. The van der Waals surface area contributed by atoms with E-state index in [2.05, 4.69) is 11.9 Å². The Balaban J connectivity index is 0.00000162. The molecule has 1 heterocycles. The zero-order valence-electron chi connectivity index (χ0n) is 10.2. The summed E-state index contributed by atoms with van der Waals surface area (Å²) in [6.45, 7) is 2.15. The van der Waals surface area contributed by atoms with Gasteiger partial charge in [-0.3, -0.25) is 4.98 Å². The number of benzene rings is 1. The van der Waals surface area contributed by atoms with Gasteiger partial charge in [0.15, 0.2) is 0 Å². The van der Waals surface area contributed by atoms with Crippen molar-refractivity contribution in [2.45, 2.75) is 19.3 Å². The number of nitrogens with zero attached hydrogens (tertiary/aromatic N) is 1. The molecule has 1 atom stereocenters. The highest BCUT2D eigenvalue weighted by molar-refractivity contribution is 6.34. The zero-order valence-corrected chi connectivity index (χ0v) is 11.7. The normalized spacial score (nSPS) is 11.7. The van der Waals surface area contributed by atoms with E-state index in [-0.39, 0.29) is 6.15 Å². The quantitative estimate of drug-likeness (QED) is 0.852. The Labute approximate surface area is 118 Å². The third-order valence-corrected chi connectivity index (χ3v) is 3.24. The van der Waals surface area contributed by atoms with E-state index in [4.69, 9.17) is 23.2 Å². The van der Waals surface area contributed by atoms with E-state index in [0.29, 0.717) is 16.0 Å². The topological polar surface area (TPSA) is 47.9 Å². The second-order valence-corrected chi connectivity index (χ2v) is 4.82. The van der Waals surface area contributed by atoms with Gasteiger partial charge in [0.05, 0.1) is 0 Å². The van der Waals surface area contributed by atoms with E-state index in [9.17, 15) is 0 Å². The molecule has 0 bridgehead atoms. The average molecular weight is 283 g/mol. The van der Waals surface area contributed by atoms with Crippen molar-refractivity contribution in [3.63, 3.8) is 0 Å². The van der Waals surface area contributed by atoms with Crippen molar-refractivity contribution in [2.75, 3.05) is 0 Å². The van der Waals surface area contributed by atoms with E-state index in [1.54, 1.807) is 6.07 Å². The van der Waals surface area contributed by atoms with Gasteiger partial charge in [-0.15, -0.1) is 0 Å². The van der Waals surface area contributed by atoms with Gasteiger partial charge in [-0.1, -0.05) is 30.1 Å². The summed E-state index contributed by atoms with van der Waals surface area (Å²) in [7, 11) is 0. The van der Waals surface area contributed by atoms with Crippen LogP contribution >= 0.6 is 23.2 Å². The molecular weight excluding hydrogens is 267 g/mol. The third-order valence-electron chi connectivity index (χ3n) is 2.80. The van der Waals surface area contributed by atoms with Gasteiger partial charge in [-0.25, -0.2) is 0 Å². The predicted octanol–water partition coefficient (Wildman–Crippen LogP) is 5.09. The lowest BCUT2D eigenvalue weighted by Gasteiger charge is -2.16. The molecule has 18 heavy (non-hydrogen) atoms. The van der Waals surface area contributed by atoms with Crippen molar-refractivity contribution in [3.05, 3.63) is 63.9 Å². The van der Waals surface area contributed by atoms with Crippen LogP contribution in [0.1, 0.15) is 30.4 Å². The standard InChI is InChI=1S/C14H13Cl2N.H3N/c1-2-14(10-3-5-17-6-4-10)11-7-12(15)9-13(16)8-11;/h3-9,14H,2H2,1H3;1H3. The van der Waals surface area contributed by atoms with Crippen LogP contribution in [0.5, 0.6) is 0 Å². The molecule has 0 saturated heterocycles. The lowest BCUT2D eigenvalue weighted by molar-refractivity contribution is 0.775. The summed E-state index contributed by atoms with van der Waals surface area (Å²) in [5.41, 5.74) is 2.39. The molecule has 1 aromatic heterocycles. The van der Waals surface area contributed by atoms with Crippen molar-refractivity contribution < 1.29 is 0 Å². The van der Waals surface area contributed by atoms with Gasteiger partial charge < -0.3 is 6.15 Å². The second-order valence-electron chi connectivity index (χ2n) is 3.94. The summed E-state index contributed by atoms with van der Waals surface area (Å²) in [4.78, 5) is 4.04. The minimum absolute atomic E-state index is 0. The molecule has 1 aromatic carbocycles. The summed E-state index contributed by atoms with van der Waals surface area (Å²) >= 11 is 12.1. The van der Waals surface area contributed by atoms with Crippen LogP contribution in [0.3, 0.4) is 0 Å². The minimum Gasteiger partial charge on any atom is -0.344 e. The summed E-state index contributed by atoms with van der Waals surface area (Å²) < 4.78 is 0. The van der Waals surface area contributed by atoms with Gasteiger partial charge in [-0.2, -0.15) is 0 Å². The first-order valence-corrected chi connectivity index (χ1v) is 6.32. The van der Waals surface area contributed by atoms with Crippen LogP contribution in [0.4, 0.5) is 0 Å². The lowest BCUT2D eigenvalue weighted by Crippen LogP contribution is -1.99. The summed E-state index contributed by atoms with van der Waals surface area (Å²) in [6.07, 6.45) is 4.62. The first kappa shape index (κ1) is 15.0. The highest BCUT2D eigenvalue weighted by Crippen LogP contribution is 2.31. The summed E-state index contributed by atoms with van der Waals surface area (Å²) in [5.74, 6) is 0.314. The molecule has 3 N–H and O–H groups in total. The lowest BCUT2D eigenvalue weighted by atomic mass is 9.90. The van der Waals surface area contributed by atoms with Crippen molar-refractivity contribution in [2.24, 2.45) is 0 Å². The Kier molecular flexibility index (Phi) is 5.60. The van der Waals surface area contributed by atoms with Crippen LogP contribution < -0.4 is 6.15 Å². The molecule has 0 aliphatic heterocycles. The molecule has 0 saturated carbocycles. The van der Waals surface area contributed by atoms with Crippen LogP contribution in [-0.2, 0) is 0 Å². The molecule has 0 fully saturated rings. The molecule has 0 amide bonds. The first-order valence-electron chi connectivity index (χ1n) is 5.56. The van der Waals surface area contributed by atoms with Gasteiger partial charge in [0, 0.05) is 28.4 Å². The number of rotatable bonds is 3. The van der Waals surface area contributed by atoms with Gasteiger partial charge in [0.1, 0.15) is 0 Å². The molecule has 0 aliphatic carbocycles. The van der Waals surface area contributed by atoms with Crippen LogP contribution in [0, 0.1) is 0 Å². The number of aromatic nitrogens is 1. The number of pyridine rings is 1. The smallest absolute Gasteiger partial charge is 0.0423 e. The predicted molar refractivity (Wildman–Crippen MR) is 77.9 cm³/mol. The van der Waals surface area contributed by atoms with Crippen LogP contribution in [0.15, 0.2) is 42.7 Å². The molecule has 2 aromatic rings. The van der Waals surface area contributed by atoms with E-state index < -0.39 is 0 Å². The monoisotopic (exact) mass is 282 g/mol. The van der Waals surface area contributed by atoms with Gasteiger partial charge >= 0.3 is 0 Å². The van der Waals surface area contributed by atoms with Crippen LogP contribution in [0.25, 0.3) is 0 Å². The van der Waals surface area contributed by atoms with Crippen molar-refractivity contribution in [3.8, 4) is 0 Å². The summed E-state index contributed by atoms with van der Waals surface area (Å²) in [6, 6.07) is 9.77. The maximum Gasteiger partial charge on any atom is 0.0423 e. The van der Waals surface area contributed by atoms with Crippen molar-refractivity contribution >= 4 is 23.2 Å². The Morgan fingerprint density at radius 1 is 1.00 bits per heavy atom. The molecule has 96 valence electrons. The molecule has 0 aliphatic rings. The fraction of sp³-hybridized carbons (Fsp3) is 0.214. The van der Waals surface area contributed by atoms with E-state index in [1.165, 1.54) is 5.56 Å². The van der Waals surface area contributed by atoms with Crippen molar-refractivity contribution in [1.82, 2.24) is 11.1 Å². The number of hydrogen-bond donors (Lipinski definition) is 1. The van der Waals surface area contributed by atoms with E-state index >= 15 is 0 Å². The Hall–Kier alpha value is -1.09. The van der Waals surface area contributed by atoms with Crippen LogP contribution in [0.2, 0.25) is 10.0 Å². The first-order chi connectivity index (χ1) is 8.20. The van der Waals surface area contributed by atoms with Gasteiger partial charge in [0.2, 0.25) is 0 Å². The molecule has 0 spiro atoms. The SMILES string of the molecule is CCC(c1ccncc1)c1cc(Cl)cc(Cl)c1.N. The molecule has 1 unspecified atom stereocenters. The summed E-state index contributed by atoms with van der Waals surface area (Å²) in [5, 5.41) is 1.36. The largest absolute Gasteiger partial charge is 0.344 e. The highest BCUT2D eigenvalue weighted by Gasteiger charge is 2.13. The molecular formula is C14H16Cl2N2. The minimum atomic E-state index is 0. The Bertz CT molecular complexity index is 480. The van der Waals surface area contributed by atoms with Gasteiger partial charge in [-0.05, 0) is 47.9 Å². The fourth-order valence-corrected chi connectivity index (χ4v) is 2.58. The van der Waals surface area contributed by atoms with E-state index in [1.807, 2.05) is 36.7 Å². The molecule has 2 nitrogen and oxygen atoms in total.